The van der Waals surface area contributed by atoms with E-state index < -0.39 is 29.0 Å². The Hall–Kier alpha value is -3.81. The zero-order valence-electron chi connectivity index (χ0n) is 13.9. The molecule has 0 atom stereocenters. The van der Waals surface area contributed by atoms with Gasteiger partial charge < -0.3 is 24.8 Å². The fraction of sp³-hybridized carbons (Fsp3) is 0.0500. The van der Waals surface area contributed by atoms with Crippen LogP contribution < -0.4 is 4.74 Å². The van der Waals surface area contributed by atoms with Crippen LogP contribution in [0.1, 0.15) is 27.0 Å². The van der Waals surface area contributed by atoms with E-state index in [1.54, 1.807) is 0 Å². The van der Waals surface area contributed by atoms with E-state index in [0.29, 0.717) is 6.07 Å². The van der Waals surface area contributed by atoms with Crippen LogP contribution in [0.15, 0.2) is 42.5 Å². The minimum Gasteiger partial charge on any atom is -0.508 e. The first-order chi connectivity index (χ1) is 13.3. The molecule has 0 radical (unpaired) electrons. The van der Waals surface area contributed by atoms with Crippen LogP contribution in [0.25, 0.3) is 0 Å². The number of phenols is 3. The summed E-state index contributed by atoms with van der Waals surface area (Å²) in [6.45, 7) is 0. The SMILES string of the molecule is O=C1OC2(c3ccc(O)cc3Oc3cc(O)ccc32)c2c1cc(F)c(O)c2F. The highest BCUT2D eigenvalue weighted by Gasteiger charge is 2.56. The van der Waals surface area contributed by atoms with Gasteiger partial charge in [-0.25, -0.2) is 13.6 Å². The summed E-state index contributed by atoms with van der Waals surface area (Å²) in [5.74, 6) is -5.12. The fourth-order valence-electron chi connectivity index (χ4n) is 3.77. The first kappa shape index (κ1) is 16.4. The maximum Gasteiger partial charge on any atom is 0.340 e. The van der Waals surface area contributed by atoms with E-state index >= 15 is 4.39 Å². The molecule has 3 aromatic rings. The molecule has 2 aliphatic heterocycles. The third-order valence-corrected chi connectivity index (χ3v) is 4.92. The molecule has 28 heavy (non-hydrogen) atoms. The molecule has 0 aromatic heterocycles. The van der Waals surface area contributed by atoms with Crippen LogP contribution in [-0.4, -0.2) is 21.3 Å². The van der Waals surface area contributed by atoms with Crippen molar-refractivity contribution in [1.82, 2.24) is 0 Å². The van der Waals surface area contributed by atoms with Gasteiger partial charge >= 0.3 is 5.97 Å². The van der Waals surface area contributed by atoms with Crippen molar-refractivity contribution in [1.29, 1.82) is 0 Å². The average Bonchev–Trinajstić information content (AvgIpc) is 2.92. The lowest BCUT2D eigenvalue weighted by atomic mass is 9.77. The normalized spacial score (nSPS) is 15.4. The van der Waals surface area contributed by atoms with Gasteiger partial charge in [-0.2, -0.15) is 0 Å². The molecular formula is C20H10F2O6. The third kappa shape index (κ3) is 1.86. The van der Waals surface area contributed by atoms with Gasteiger partial charge in [0.05, 0.1) is 11.1 Å². The summed E-state index contributed by atoms with van der Waals surface area (Å²) in [5, 5.41) is 29.4. The van der Waals surface area contributed by atoms with Gasteiger partial charge in [-0.15, -0.1) is 0 Å². The van der Waals surface area contributed by atoms with E-state index in [1.165, 1.54) is 36.4 Å². The molecule has 140 valence electrons. The minimum absolute atomic E-state index is 0.0435. The Morgan fingerprint density at radius 3 is 2.00 bits per heavy atom. The molecule has 0 amide bonds. The van der Waals surface area contributed by atoms with Crippen LogP contribution in [-0.2, 0) is 10.3 Å². The predicted molar refractivity (Wildman–Crippen MR) is 89.6 cm³/mol. The standard InChI is InChI=1S/C20H10F2O6/c21-13-7-10-16(17(22)18(13)25)20(28-19(10)26)11-3-1-8(23)5-14(11)27-15-6-9(24)2-4-12(15)20/h1-7,23-25H. The minimum atomic E-state index is -1.90. The molecule has 8 heteroatoms. The first-order valence-electron chi connectivity index (χ1n) is 8.12. The molecule has 3 aromatic carbocycles. The molecule has 5 rings (SSSR count). The van der Waals surface area contributed by atoms with Gasteiger partial charge in [0.2, 0.25) is 0 Å². The number of hydrogen-bond acceptors (Lipinski definition) is 6. The number of hydrogen-bond donors (Lipinski definition) is 3. The van der Waals surface area contributed by atoms with E-state index in [2.05, 4.69) is 0 Å². The number of ether oxygens (including phenoxy) is 2. The summed E-state index contributed by atoms with van der Waals surface area (Å²) in [6.07, 6.45) is 0. The lowest BCUT2D eigenvalue weighted by Gasteiger charge is -2.36. The lowest BCUT2D eigenvalue weighted by Crippen LogP contribution is -2.33. The summed E-state index contributed by atoms with van der Waals surface area (Å²) < 4.78 is 40.2. The number of benzene rings is 3. The number of carbonyl (C=O) groups is 1. The van der Waals surface area contributed by atoms with Crippen LogP contribution in [0.3, 0.4) is 0 Å². The van der Waals surface area contributed by atoms with Crippen molar-refractivity contribution in [2.75, 3.05) is 0 Å². The second-order valence-corrected chi connectivity index (χ2v) is 6.48. The summed E-state index contributed by atoms with van der Waals surface area (Å²) in [6, 6.07) is 8.52. The summed E-state index contributed by atoms with van der Waals surface area (Å²) in [4.78, 5) is 12.5. The highest BCUT2D eigenvalue weighted by atomic mass is 19.1. The Morgan fingerprint density at radius 1 is 0.857 bits per heavy atom. The smallest absolute Gasteiger partial charge is 0.340 e. The third-order valence-electron chi connectivity index (χ3n) is 4.92. The van der Waals surface area contributed by atoms with E-state index in [4.69, 9.17) is 9.47 Å². The Labute approximate surface area is 155 Å². The van der Waals surface area contributed by atoms with Crippen LogP contribution in [0, 0.1) is 11.6 Å². The lowest BCUT2D eigenvalue weighted by molar-refractivity contribution is 0.0216. The summed E-state index contributed by atoms with van der Waals surface area (Å²) >= 11 is 0. The number of halogens is 2. The largest absolute Gasteiger partial charge is 0.508 e. The van der Waals surface area contributed by atoms with Crippen molar-refractivity contribution in [3.8, 4) is 28.7 Å². The first-order valence-corrected chi connectivity index (χ1v) is 8.12. The van der Waals surface area contributed by atoms with Gasteiger partial charge in [0, 0.05) is 23.3 Å². The van der Waals surface area contributed by atoms with Crippen molar-refractivity contribution >= 4 is 5.97 Å². The van der Waals surface area contributed by atoms with Gasteiger partial charge in [-0.1, -0.05) is 0 Å². The Bertz CT molecular complexity index is 1150. The number of aromatic hydroxyl groups is 3. The van der Waals surface area contributed by atoms with Crippen LogP contribution in [0.2, 0.25) is 0 Å². The quantitative estimate of drug-likeness (QED) is 0.512. The second-order valence-electron chi connectivity index (χ2n) is 6.48. The van der Waals surface area contributed by atoms with Crippen molar-refractivity contribution in [3.05, 3.63) is 76.4 Å². The van der Waals surface area contributed by atoms with Crippen molar-refractivity contribution in [2.45, 2.75) is 5.60 Å². The zero-order valence-corrected chi connectivity index (χ0v) is 13.9. The Kier molecular flexibility index (Phi) is 3.00. The van der Waals surface area contributed by atoms with Crippen molar-refractivity contribution in [3.63, 3.8) is 0 Å². The molecule has 3 N–H and O–H groups in total. The number of esters is 1. The van der Waals surface area contributed by atoms with Gasteiger partial charge in [0.1, 0.15) is 23.0 Å². The number of fused-ring (bicyclic) bond motifs is 6. The van der Waals surface area contributed by atoms with Crippen LogP contribution in [0.5, 0.6) is 28.7 Å². The topological polar surface area (TPSA) is 96.2 Å². The molecule has 0 fully saturated rings. The Balaban J connectivity index is 1.95. The second kappa shape index (κ2) is 5.13. The molecule has 0 bridgehead atoms. The van der Waals surface area contributed by atoms with Crippen LogP contribution >= 0.6 is 0 Å². The van der Waals surface area contributed by atoms with Crippen molar-refractivity contribution < 1.29 is 38.4 Å². The van der Waals surface area contributed by atoms with E-state index in [0.717, 1.165) is 0 Å². The van der Waals surface area contributed by atoms with Gasteiger partial charge in [-0.3, -0.25) is 0 Å². The monoisotopic (exact) mass is 384 g/mol. The molecule has 0 unspecified atom stereocenters. The molecule has 2 aliphatic rings. The maximum atomic E-state index is 15.1. The zero-order chi connectivity index (χ0) is 19.8. The van der Waals surface area contributed by atoms with Crippen LogP contribution in [0.4, 0.5) is 8.78 Å². The maximum absolute atomic E-state index is 15.1. The predicted octanol–water partition coefficient (Wildman–Crippen LogP) is 3.65. The number of rotatable bonds is 0. The Morgan fingerprint density at radius 2 is 1.43 bits per heavy atom. The molecular weight excluding hydrogens is 374 g/mol. The van der Waals surface area contributed by atoms with E-state index in [-0.39, 0.29) is 45.3 Å². The fourth-order valence-corrected chi connectivity index (χ4v) is 3.77. The molecule has 2 heterocycles. The van der Waals surface area contributed by atoms with Crippen molar-refractivity contribution in [2.24, 2.45) is 0 Å². The highest BCUT2D eigenvalue weighted by molar-refractivity contribution is 5.97. The van der Waals surface area contributed by atoms with E-state index in [1.807, 2.05) is 0 Å². The van der Waals surface area contributed by atoms with Gasteiger partial charge in [0.25, 0.3) is 0 Å². The summed E-state index contributed by atoms with van der Waals surface area (Å²) in [7, 11) is 0. The number of phenolic OH excluding ortho intramolecular Hbond substituents is 3. The highest BCUT2D eigenvalue weighted by Crippen LogP contribution is 2.58. The van der Waals surface area contributed by atoms with E-state index in [9.17, 15) is 24.5 Å². The van der Waals surface area contributed by atoms with Gasteiger partial charge in [0.15, 0.2) is 23.0 Å². The molecule has 0 aliphatic carbocycles. The van der Waals surface area contributed by atoms with Gasteiger partial charge in [-0.05, 0) is 30.3 Å². The molecule has 6 nitrogen and oxygen atoms in total. The molecule has 1 spiro atoms. The number of carbonyl (C=O) groups excluding carboxylic acids is 1. The summed E-state index contributed by atoms with van der Waals surface area (Å²) in [5.41, 5.74) is -2.32. The molecule has 0 saturated carbocycles. The average molecular weight is 384 g/mol. The molecule has 0 saturated heterocycles.